The lowest BCUT2D eigenvalue weighted by atomic mass is 10.0. The highest BCUT2D eigenvalue weighted by atomic mass is 16.4. The number of carboxylic acid groups (broad SMARTS) is 1. The second-order valence-electron chi connectivity index (χ2n) is 6.48. The molecule has 0 aromatic heterocycles. The third-order valence-corrected chi connectivity index (χ3v) is 3.79. The van der Waals surface area contributed by atoms with Gasteiger partial charge in [0.25, 0.3) is 0 Å². The number of aliphatic carboxylic acids is 1. The molecule has 0 saturated heterocycles. The molecule has 9 N–H and O–H groups in total. The van der Waals surface area contributed by atoms with Gasteiger partial charge in [-0.2, -0.15) is 0 Å². The minimum atomic E-state index is -1.34. The Hall–Kier alpha value is -2.24. The fourth-order valence-corrected chi connectivity index (χ4v) is 2.15. The predicted molar refractivity (Wildman–Crippen MR) is 97.3 cm³/mol. The molecule has 11 heteroatoms. The van der Waals surface area contributed by atoms with Crippen LogP contribution < -0.4 is 27.4 Å². The van der Waals surface area contributed by atoms with Gasteiger partial charge in [0.2, 0.25) is 17.7 Å². The maximum Gasteiger partial charge on any atom is 0.326 e. The van der Waals surface area contributed by atoms with Crippen molar-refractivity contribution in [1.29, 1.82) is 0 Å². The number of amides is 3. The van der Waals surface area contributed by atoms with Gasteiger partial charge in [0, 0.05) is 0 Å². The molecule has 0 spiro atoms. The molecule has 0 aliphatic rings. The molecule has 0 radical (unpaired) electrons. The van der Waals surface area contributed by atoms with E-state index in [4.69, 9.17) is 16.6 Å². The summed E-state index contributed by atoms with van der Waals surface area (Å²) in [5.41, 5.74) is 11.0. The van der Waals surface area contributed by atoms with E-state index in [9.17, 15) is 24.3 Å². The summed E-state index contributed by atoms with van der Waals surface area (Å²) in [7, 11) is 0. The summed E-state index contributed by atoms with van der Waals surface area (Å²) in [5, 5.41) is 25.2. The number of unbranched alkanes of at least 4 members (excludes halogenated alkanes) is 1. The number of aliphatic hydroxyl groups excluding tert-OH is 1. The second-order valence-corrected chi connectivity index (χ2v) is 6.48. The van der Waals surface area contributed by atoms with Gasteiger partial charge in [0.05, 0.1) is 19.2 Å². The Morgan fingerprint density at radius 1 is 1.04 bits per heavy atom. The Kier molecular flexibility index (Phi) is 11.9. The minimum Gasteiger partial charge on any atom is -0.480 e. The first-order valence-corrected chi connectivity index (χ1v) is 8.80. The van der Waals surface area contributed by atoms with Gasteiger partial charge in [0.1, 0.15) is 12.1 Å². The van der Waals surface area contributed by atoms with E-state index in [0.717, 1.165) is 6.42 Å². The summed E-state index contributed by atoms with van der Waals surface area (Å²) in [5.74, 6) is -3.68. The van der Waals surface area contributed by atoms with Crippen molar-refractivity contribution in [3.63, 3.8) is 0 Å². The first-order chi connectivity index (χ1) is 12.6. The number of nitrogens with two attached hydrogens (primary N) is 2. The Morgan fingerprint density at radius 2 is 1.67 bits per heavy atom. The smallest absolute Gasteiger partial charge is 0.326 e. The SMILES string of the molecule is CC(C)C(NC(=O)C(CO)NC(=O)CNC(=O)C(N)CCCCN)C(=O)O. The highest BCUT2D eigenvalue weighted by Crippen LogP contribution is 2.02. The third kappa shape index (κ3) is 9.87. The van der Waals surface area contributed by atoms with Crippen LogP contribution in [0.1, 0.15) is 33.1 Å². The lowest BCUT2D eigenvalue weighted by Gasteiger charge is -2.22. The van der Waals surface area contributed by atoms with Crippen LogP contribution in [0.5, 0.6) is 0 Å². The molecule has 0 saturated carbocycles. The van der Waals surface area contributed by atoms with Gasteiger partial charge in [-0.3, -0.25) is 14.4 Å². The average molecular weight is 389 g/mol. The van der Waals surface area contributed by atoms with Crippen molar-refractivity contribution in [3.05, 3.63) is 0 Å². The Labute approximate surface area is 158 Å². The zero-order chi connectivity index (χ0) is 21.0. The molecule has 3 atom stereocenters. The van der Waals surface area contributed by atoms with Crippen molar-refractivity contribution in [3.8, 4) is 0 Å². The number of hydrogen-bond donors (Lipinski definition) is 7. The fraction of sp³-hybridized carbons (Fsp3) is 0.750. The summed E-state index contributed by atoms with van der Waals surface area (Å²) < 4.78 is 0. The van der Waals surface area contributed by atoms with Gasteiger partial charge in [-0.25, -0.2) is 4.79 Å². The van der Waals surface area contributed by atoms with Crippen LogP contribution in [-0.4, -0.2) is 71.7 Å². The van der Waals surface area contributed by atoms with Gasteiger partial charge in [-0.1, -0.05) is 20.3 Å². The normalized spacial score (nSPS) is 14.1. The Morgan fingerprint density at radius 3 is 2.15 bits per heavy atom. The van der Waals surface area contributed by atoms with Crippen LogP contribution in [-0.2, 0) is 19.2 Å². The molecular formula is C16H31N5O6. The predicted octanol–water partition coefficient (Wildman–Crippen LogP) is -2.74. The minimum absolute atomic E-state index is 0.387. The third-order valence-electron chi connectivity index (χ3n) is 3.79. The summed E-state index contributed by atoms with van der Waals surface area (Å²) in [6.07, 6.45) is 1.85. The van der Waals surface area contributed by atoms with E-state index in [1.54, 1.807) is 13.8 Å². The van der Waals surface area contributed by atoms with Crippen LogP contribution in [0.2, 0.25) is 0 Å². The summed E-state index contributed by atoms with van der Waals surface area (Å²) in [6.45, 7) is 2.56. The van der Waals surface area contributed by atoms with Crippen LogP contribution in [0.3, 0.4) is 0 Å². The van der Waals surface area contributed by atoms with Gasteiger partial charge in [0.15, 0.2) is 0 Å². The maximum atomic E-state index is 12.1. The zero-order valence-electron chi connectivity index (χ0n) is 15.7. The number of aliphatic hydroxyl groups is 1. The average Bonchev–Trinajstić information content (AvgIpc) is 2.61. The molecule has 0 aliphatic carbocycles. The van der Waals surface area contributed by atoms with Crippen LogP contribution in [0, 0.1) is 5.92 Å². The van der Waals surface area contributed by atoms with Crippen molar-refractivity contribution in [2.45, 2.75) is 51.2 Å². The Balaban J connectivity index is 4.48. The molecule has 156 valence electrons. The highest BCUT2D eigenvalue weighted by Gasteiger charge is 2.28. The molecule has 0 heterocycles. The van der Waals surface area contributed by atoms with E-state index < -0.39 is 55.0 Å². The van der Waals surface area contributed by atoms with E-state index in [0.29, 0.717) is 19.4 Å². The number of carbonyl (C=O) groups is 4. The lowest BCUT2D eigenvalue weighted by Crippen LogP contribution is -2.56. The van der Waals surface area contributed by atoms with Gasteiger partial charge >= 0.3 is 5.97 Å². The van der Waals surface area contributed by atoms with Crippen molar-refractivity contribution < 1.29 is 29.4 Å². The van der Waals surface area contributed by atoms with E-state index >= 15 is 0 Å². The van der Waals surface area contributed by atoms with Crippen molar-refractivity contribution in [2.75, 3.05) is 19.7 Å². The van der Waals surface area contributed by atoms with Gasteiger partial charge in [-0.05, 0) is 25.3 Å². The van der Waals surface area contributed by atoms with Crippen molar-refractivity contribution in [1.82, 2.24) is 16.0 Å². The number of nitrogens with one attached hydrogen (secondary N) is 3. The molecule has 0 bridgehead atoms. The first kappa shape index (κ1) is 24.8. The van der Waals surface area contributed by atoms with E-state index in [2.05, 4.69) is 16.0 Å². The molecule has 0 fully saturated rings. The standard InChI is InChI=1S/C16H31N5O6/c1-9(2)13(16(26)27)21-15(25)11(8-22)20-12(23)7-19-14(24)10(18)5-3-4-6-17/h9-11,13,22H,3-8,17-18H2,1-2H3,(H,19,24)(H,20,23)(H,21,25)(H,26,27). The van der Waals surface area contributed by atoms with Crippen molar-refractivity contribution in [2.24, 2.45) is 17.4 Å². The topological polar surface area (TPSA) is 197 Å². The lowest BCUT2D eigenvalue weighted by molar-refractivity contribution is -0.143. The number of carbonyl (C=O) groups excluding carboxylic acids is 3. The van der Waals surface area contributed by atoms with Crippen LogP contribution in [0.25, 0.3) is 0 Å². The molecule has 0 aromatic carbocycles. The summed E-state index contributed by atoms with van der Waals surface area (Å²) in [4.78, 5) is 46.8. The quantitative estimate of drug-likeness (QED) is 0.165. The molecule has 3 amide bonds. The second kappa shape index (κ2) is 13.0. The monoisotopic (exact) mass is 389 g/mol. The molecule has 27 heavy (non-hydrogen) atoms. The van der Waals surface area contributed by atoms with Crippen LogP contribution >= 0.6 is 0 Å². The van der Waals surface area contributed by atoms with E-state index in [-0.39, 0.29) is 5.92 Å². The molecule has 0 aromatic rings. The maximum absolute atomic E-state index is 12.1. The van der Waals surface area contributed by atoms with Gasteiger partial charge < -0.3 is 37.6 Å². The first-order valence-electron chi connectivity index (χ1n) is 8.80. The van der Waals surface area contributed by atoms with Crippen LogP contribution in [0.15, 0.2) is 0 Å². The highest BCUT2D eigenvalue weighted by molar-refractivity contribution is 5.92. The Bertz CT molecular complexity index is 514. The molecule has 0 rings (SSSR count). The molecular weight excluding hydrogens is 358 g/mol. The molecule has 0 aliphatic heterocycles. The van der Waals surface area contributed by atoms with Crippen LogP contribution in [0.4, 0.5) is 0 Å². The zero-order valence-corrected chi connectivity index (χ0v) is 15.7. The molecule has 11 nitrogen and oxygen atoms in total. The van der Waals surface area contributed by atoms with Gasteiger partial charge in [-0.15, -0.1) is 0 Å². The summed E-state index contributed by atoms with van der Waals surface area (Å²) >= 11 is 0. The summed E-state index contributed by atoms with van der Waals surface area (Å²) in [6, 6.07) is -3.27. The number of carboxylic acids is 1. The van der Waals surface area contributed by atoms with Crippen molar-refractivity contribution >= 4 is 23.7 Å². The molecule has 3 unspecified atom stereocenters. The fourth-order valence-electron chi connectivity index (χ4n) is 2.15. The van der Waals surface area contributed by atoms with E-state index in [1.807, 2.05) is 0 Å². The van der Waals surface area contributed by atoms with E-state index in [1.165, 1.54) is 0 Å². The number of hydrogen-bond acceptors (Lipinski definition) is 7. The number of rotatable bonds is 13. The largest absolute Gasteiger partial charge is 0.480 e.